The minimum Gasteiger partial charge on any atom is -1.00 e. The molecule has 2 heteroatoms. The van der Waals surface area contributed by atoms with Crippen LogP contribution in [0.1, 0.15) is 20.8 Å². The Kier molecular flexibility index (Phi) is 24.3. The SMILES string of the molecule is C[C-](C)C.[Be+2].[Cl-]. The molecule has 0 saturated carbocycles. The molecule has 0 aliphatic heterocycles. The topological polar surface area (TPSA) is 0 Å². The van der Waals surface area contributed by atoms with Gasteiger partial charge in [-0.3, -0.25) is 0 Å². The van der Waals surface area contributed by atoms with Crippen molar-refractivity contribution in [3.05, 3.63) is 5.92 Å². The van der Waals surface area contributed by atoms with Gasteiger partial charge in [0.1, 0.15) is 0 Å². The molecule has 0 aromatic carbocycles. The molecule has 0 N–H and O–H groups in total. The molecule has 0 unspecified atom stereocenters. The van der Waals surface area contributed by atoms with Crippen LogP contribution >= 0.6 is 0 Å². The molecular weight excluding hydrogens is 92.5 g/mol. The molecule has 0 atom stereocenters. The van der Waals surface area contributed by atoms with E-state index in [1.165, 1.54) is 5.92 Å². The zero-order chi connectivity index (χ0) is 3.58. The third kappa shape index (κ3) is 253. The number of hydrogen-bond acceptors (Lipinski definition) is 0. The van der Waals surface area contributed by atoms with Crippen molar-refractivity contribution in [3.63, 3.8) is 0 Å². The van der Waals surface area contributed by atoms with E-state index >= 15 is 0 Å². The molecule has 0 fully saturated rings. The first-order chi connectivity index (χ1) is 1.73. The molecule has 0 aromatic rings. The fourth-order valence-electron chi connectivity index (χ4n) is 0. The summed E-state index contributed by atoms with van der Waals surface area (Å²) < 4.78 is 0. The summed E-state index contributed by atoms with van der Waals surface area (Å²) in [5.41, 5.74) is 0. The van der Waals surface area contributed by atoms with E-state index in [0.29, 0.717) is 0 Å². The molecule has 0 aromatic heterocycles. The quantitative estimate of drug-likeness (QED) is 0.251. The third-order valence-corrected chi connectivity index (χ3v) is 0. The number of hydrogen-bond donors (Lipinski definition) is 0. The average molecular weight is 102 g/mol. The van der Waals surface area contributed by atoms with Gasteiger partial charge >= 0.3 is 10.1 Å². The van der Waals surface area contributed by atoms with E-state index in [1.54, 1.807) is 0 Å². The van der Waals surface area contributed by atoms with E-state index in [1.807, 2.05) is 0 Å². The normalized spacial score (nSPS) is 6.00. The Hall–Kier alpha value is 0.459. The van der Waals surface area contributed by atoms with E-state index < -0.39 is 0 Å². The van der Waals surface area contributed by atoms with Crippen LogP contribution in [0.15, 0.2) is 0 Å². The van der Waals surface area contributed by atoms with Crippen LogP contribution in [0.4, 0.5) is 0 Å². The summed E-state index contributed by atoms with van der Waals surface area (Å²) in [7, 11) is 0. The third-order valence-electron chi connectivity index (χ3n) is 0. The van der Waals surface area contributed by atoms with Crippen LogP contribution < -0.4 is 12.4 Å². The van der Waals surface area contributed by atoms with Crippen LogP contribution in [0, 0.1) is 5.92 Å². The Labute approximate surface area is 50.0 Å². The molecule has 0 spiro atoms. The molecule has 0 amide bonds. The monoisotopic (exact) mass is 101 g/mol. The summed E-state index contributed by atoms with van der Waals surface area (Å²) in [6.07, 6.45) is 0. The van der Waals surface area contributed by atoms with E-state index in [-0.39, 0.29) is 22.5 Å². The first kappa shape index (κ1) is 16.1. The van der Waals surface area contributed by atoms with Gasteiger partial charge in [0.15, 0.2) is 0 Å². The Bertz CT molecular complexity index is 12.3. The Morgan fingerprint density at radius 2 is 1.00 bits per heavy atom. The van der Waals surface area contributed by atoms with E-state index in [9.17, 15) is 0 Å². The van der Waals surface area contributed by atoms with Crippen molar-refractivity contribution in [2.24, 2.45) is 0 Å². The van der Waals surface area contributed by atoms with Gasteiger partial charge in [0.05, 0.1) is 0 Å². The van der Waals surface area contributed by atoms with Gasteiger partial charge < -0.3 is 18.3 Å². The fraction of sp³-hybridized carbons (Fsp3) is 0.750. The van der Waals surface area contributed by atoms with Gasteiger partial charge in [0.2, 0.25) is 0 Å². The smallest absolute Gasteiger partial charge is 1.00 e. The molecule has 34 valence electrons. The van der Waals surface area contributed by atoms with Gasteiger partial charge in [-0.05, 0) is 0 Å². The summed E-state index contributed by atoms with van der Waals surface area (Å²) in [4.78, 5) is 0. The van der Waals surface area contributed by atoms with Gasteiger partial charge in [-0.2, -0.15) is 20.8 Å². The van der Waals surface area contributed by atoms with Crippen molar-refractivity contribution in [2.45, 2.75) is 20.8 Å². The van der Waals surface area contributed by atoms with Crippen LogP contribution in [0.5, 0.6) is 0 Å². The van der Waals surface area contributed by atoms with Gasteiger partial charge in [-0.15, -0.1) is 0 Å². The van der Waals surface area contributed by atoms with Gasteiger partial charge in [0, 0.05) is 0 Å². The molecule has 0 rings (SSSR count). The average Bonchev–Trinajstić information content (AvgIpc) is 0.811. The Balaban J connectivity index is -0.0000000450. The minimum absolute atomic E-state index is 0. The van der Waals surface area contributed by atoms with Crippen LogP contribution in [-0.4, -0.2) is 10.1 Å². The maximum Gasteiger partial charge on any atom is 2.00 e. The first-order valence-corrected chi connectivity index (χ1v) is 1.50. The van der Waals surface area contributed by atoms with Crippen molar-refractivity contribution in [1.82, 2.24) is 0 Å². The minimum atomic E-state index is 0. The van der Waals surface area contributed by atoms with Crippen LogP contribution in [0.3, 0.4) is 0 Å². The molecular formula is C4H9BeCl. The zero-order valence-electron chi connectivity index (χ0n) is 4.59. The van der Waals surface area contributed by atoms with E-state index in [4.69, 9.17) is 0 Å². The molecule has 6 heavy (non-hydrogen) atoms. The zero-order valence-corrected chi connectivity index (χ0v) is 5.34. The van der Waals surface area contributed by atoms with Gasteiger partial charge in [-0.25, -0.2) is 0 Å². The van der Waals surface area contributed by atoms with E-state index in [2.05, 4.69) is 20.8 Å². The molecule has 0 saturated heterocycles. The van der Waals surface area contributed by atoms with Crippen LogP contribution in [0.2, 0.25) is 0 Å². The van der Waals surface area contributed by atoms with Crippen LogP contribution in [-0.2, 0) is 0 Å². The summed E-state index contributed by atoms with van der Waals surface area (Å²) >= 11 is 0. The summed E-state index contributed by atoms with van der Waals surface area (Å²) in [5.74, 6) is 1.42. The second-order valence-corrected chi connectivity index (χ2v) is 1.50. The standard InChI is InChI=1S/C4H9.Be.ClH/c1-4(2)3;;/h1-3H3;;1H/q-1;+2;/p-1. The Morgan fingerprint density at radius 1 is 1.00 bits per heavy atom. The predicted molar refractivity (Wildman–Crippen MR) is 26.0 cm³/mol. The van der Waals surface area contributed by atoms with Crippen molar-refractivity contribution in [3.8, 4) is 0 Å². The molecule has 0 aliphatic rings. The summed E-state index contributed by atoms with van der Waals surface area (Å²) in [5, 5.41) is 0. The molecule has 0 radical (unpaired) electrons. The van der Waals surface area contributed by atoms with Crippen molar-refractivity contribution in [1.29, 1.82) is 0 Å². The fourth-order valence-corrected chi connectivity index (χ4v) is 0. The van der Waals surface area contributed by atoms with Crippen LogP contribution in [0.25, 0.3) is 0 Å². The maximum atomic E-state index is 2.08. The molecule has 0 aliphatic carbocycles. The maximum absolute atomic E-state index is 2.08. The Morgan fingerprint density at radius 3 is 1.00 bits per heavy atom. The molecule has 0 bridgehead atoms. The first-order valence-electron chi connectivity index (χ1n) is 1.50. The number of halogens is 1. The molecule has 0 nitrogen and oxygen atoms in total. The van der Waals surface area contributed by atoms with Gasteiger partial charge in [0.25, 0.3) is 0 Å². The predicted octanol–water partition coefficient (Wildman–Crippen LogP) is -1.76. The van der Waals surface area contributed by atoms with E-state index in [0.717, 1.165) is 0 Å². The second kappa shape index (κ2) is 9.07. The summed E-state index contributed by atoms with van der Waals surface area (Å²) in [6.45, 7) is 6.25. The van der Waals surface area contributed by atoms with Gasteiger partial charge in [-0.1, -0.05) is 0 Å². The van der Waals surface area contributed by atoms with Crippen molar-refractivity contribution in [2.75, 3.05) is 0 Å². The second-order valence-electron chi connectivity index (χ2n) is 1.50. The largest absolute Gasteiger partial charge is 2.00 e. The van der Waals surface area contributed by atoms with Crippen molar-refractivity contribution >= 4 is 10.1 Å². The van der Waals surface area contributed by atoms with Crippen molar-refractivity contribution < 1.29 is 12.4 Å². The molecule has 0 heterocycles. The summed E-state index contributed by atoms with van der Waals surface area (Å²) in [6, 6.07) is 0. The number of rotatable bonds is 0.